The van der Waals surface area contributed by atoms with Crippen LogP contribution in [-0.4, -0.2) is 37.6 Å². The van der Waals surface area contributed by atoms with Crippen LogP contribution in [0.25, 0.3) is 0 Å². The molecule has 60 valence electrons. The molecule has 0 spiro atoms. The van der Waals surface area contributed by atoms with Crippen molar-refractivity contribution in [2.75, 3.05) is 26.9 Å². The zero-order valence-electron chi connectivity index (χ0n) is 6.30. The Balaban J connectivity index is 2.44. The molecular weight excluding hydrogens is 132 g/mol. The van der Waals surface area contributed by atoms with Crippen LogP contribution in [0.5, 0.6) is 0 Å². The second kappa shape index (κ2) is 3.32. The molecule has 3 heteroatoms. The summed E-state index contributed by atoms with van der Waals surface area (Å²) in [6.07, 6.45) is 1.61. The summed E-state index contributed by atoms with van der Waals surface area (Å²) in [4.78, 5) is 0. The summed E-state index contributed by atoms with van der Waals surface area (Å²) < 4.78 is 10.3. The van der Waals surface area contributed by atoms with Crippen molar-refractivity contribution in [1.82, 2.24) is 0 Å². The molecule has 1 N–H and O–H groups in total. The fourth-order valence-electron chi connectivity index (χ4n) is 1.17. The Bertz CT molecular complexity index is 91.0. The Morgan fingerprint density at radius 3 is 2.40 bits per heavy atom. The van der Waals surface area contributed by atoms with E-state index >= 15 is 0 Å². The summed E-state index contributed by atoms with van der Waals surface area (Å²) >= 11 is 0. The van der Waals surface area contributed by atoms with Gasteiger partial charge in [-0.1, -0.05) is 0 Å². The van der Waals surface area contributed by atoms with Gasteiger partial charge in [0.05, 0.1) is 12.2 Å². The zero-order valence-corrected chi connectivity index (χ0v) is 6.30. The second-order valence-corrected chi connectivity index (χ2v) is 2.66. The topological polar surface area (TPSA) is 38.7 Å². The maximum atomic E-state index is 8.96. The number of aliphatic hydroxyl groups is 1. The molecule has 1 aliphatic heterocycles. The molecule has 0 saturated carbocycles. The van der Waals surface area contributed by atoms with Gasteiger partial charge in [0.15, 0.2) is 0 Å². The van der Waals surface area contributed by atoms with Crippen LogP contribution in [0.3, 0.4) is 0 Å². The predicted octanol–water partition coefficient (Wildman–Crippen LogP) is 0.174. The van der Waals surface area contributed by atoms with Gasteiger partial charge in [-0.15, -0.1) is 0 Å². The molecule has 0 aromatic heterocycles. The fourth-order valence-corrected chi connectivity index (χ4v) is 1.17. The summed E-state index contributed by atoms with van der Waals surface area (Å²) in [5.41, 5.74) is -0.307. The molecule has 1 saturated heterocycles. The van der Waals surface area contributed by atoms with Crippen LogP contribution in [0.4, 0.5) is 0 Å². The Hall–Kier alpha value is -0.120. The van der Waals surface area contributed by atoms with Gasteiger partial charge in [0.2, 0.25) is 0 Å². The van der Waals surface area contributed by atoms with E-state index in [-0.39, 0.29) is 12.2 Å². The molecule has 0 aliphatic carbocycles. The number of ether oxygens (including phenoxy) is 2. The molecule has 0 atom stereocenters. The van der Waals surface area contributed by atoms with Gasteiger partial charge in [-0.2, -0.15) is 0 Å². The third-order valence-corrected chi connectivity index (χ3v) is 2.13. The van der Waals surface area contributed by atoms with Gasteiger partial charge in [0.1, 0.15) is 0 Å². The van der Waals surface area contributed by atoms with Crippen molar-refractivity contribution in [1.29, 1.82) is 0 Å². The lowest BCUT2D eigenvalue weighted by Crippen LogP contribution is -2.41. The van der Waals surface area contributed by atoms with Gasteiger partial charge in [-0.25, -0.2) is 0 Å². The van der Waals surface area contributed by atoms with Gasteiger partial charge in [-0.3, -0.25) is 0 Å². The first-order valence-corrected chi connectivity index (χ1v) is 3.57. The molecule has 0 amide bonds. The van der Waals surface area contributed by atoms with Gasteiger partial charge in [-0.05, 0) is 0 Å². The highest BCUT2D eigenvalue weighted by molar-refractivity contribution is 4.81. The monoisotopic (exact) mass is 146 g/mol. The van der Waals surface area contributed by atoms with Gasteiger partial charge in [0, 0.05) is 33.2 Å². The highest BCUT2D eigenvalue weighted by Gasteiger charge is 2.31. The SMILES string of the molecule is COC1(CO)CCOCC1. The maximum Gasteiger partial charge on any atom is 0.0952 e. The van der Waals surface area contributed by atoms with Crippen LogP contribution >= 0.6 is 0 Å². The van der Waals surface area contributed by atoms with Crippen molar-refractivity contribution in [3.8, 4) is 0 Å². The van der Waals surface area contributed by atoms with E-state index in [2.05, 4.69) is 0 Å². The fraction of sp³-hybridized carbons (Fsp3) is 1.00. The number of methoxy groups -OCH3 is 1. The normalized spacial score (nSPS) is 24.6. The van der Waals surface area contributed by atoms with E-state index in [9.17, 15) is 0 Å². The largest absolute Gasteiger partial charge is 0.393 e. The molecule has 1 heterocycles. The number of hydrogen-bond donors (Lipinski definition) is 1. The van der Waals surface area contributed by atoms with Crippen LogP contribution in [0.1, 0.15) is 12.8 Å². The van der Waals surface area contributed by atoms with E-state index in [1.807, 2.05) is 0 Å². The van der Waals surface area contributed by atoms with Crippen molar-refractivity contribution in [3.63, 3.8) is 0 Å². The first kappa shape index (κ1) is 7.98. The van der Waals surface area contributed by atoms with Crippen molar-refractivity contribution in [3.05, 3.63) is 0 Å². The Labute approximate surface area is 60.9 Å². The minimum atomic E-state index is -0.307. The van der Waals surface area contributed by atoms with Gasteiger partial charge in [0.25, 0.3) is 0 Å². The van der Waals surface area contributed by atoms with E-state index < -0.39 is 0 Å². The van der Waals surface area contributed by atoms with Gasteiger partial charge >= 0.3 is 0 Å². The molecule has 1 aliphatic rings. The van der Waals surface area contributed by atoms with E-state index in [4.69, 9.17) is 14.6 Å². The van der Waals surface area contributed by atoms with Crippen molar-refractivity contribution in [2.24, 2.45) is 0 Å². The first-order chi connectivity index (χ1) is 4.83. The number of rotatable bonds is 2. The molecule has 3 nitrogen and oxygen atoms in total. The van der Waals surface area contributed by atoms with Gasteiger partial charge < -0.3 is 14.6 Å². The molecule has 0 unspecified atom stereocenters. The minimum absolute atomic E-state index is 0.104. The molecule has 0 aromatic carbocycles. The lowest BCUT2D eigenvalue weighted by atomic mass is 9.95. The standard InChI is InChI=1S/C7H14O3/c1-9-7(6-8)2-4-10-5-3-7/h8H,2-6H2,1H3. The van der Waals surface area contributed by atoms with Crippen LogP contribution in [0.2, 0.25) is 0 Å². The third kappa shape index (κ3) is 1.48. The summed E-state index contributed by atoms with van der Waals surface area (Å²) in [6.45, 7) is 1.51. The molecule has 1 rings (SSSR count). The molecule has 0 aromatic rings. The maximum absolute atomic E-state index is 8.96. The van der Waals surface area contributed by atoms with E-state index in [1.54, 1.807) is 7.11 Å². The van der Waals surface area contributed by atoms with Crippen LogP contribution < -0.4 is 0 Å². The average Bonchev–Trinajstić information content (AvgIpc) is 2.06. The summed E-state index contributed by atoms with van der Waals surface area (Å²) in [5, 5.41) is 8.96. The quantitative estimate of drug-likeness (QED) is 0.603. The zero-order chi connectivity index (χ0) is 7.45. The van der Waals surface area contributed by atoms with Crippen LogP contribution in [0.15, 0.2) is 0 Å². The van der Waals surface area contributed by atoms with Crippen molar-refractivity contribution >= 4 is 0 Å². The first-order valence-electron chi connectivity index (χ1n) is 3.57. The van der Waals surface area contributed by atoms with Crippen molar-refractivity contribution < 1.29 is 14.6 Å². The Morgan fingerprint density at radius 2 is 2.10 bits per heavy atom. The molecule has 0 bridgehead atoms. The second-order valence-electron chi connectivity index (χ2n) is 2.66. The smallest absolute Gasteiger partial charge is 0.0952 e. The number of aliphatic hydroxyl groups excluding tert-OH is 1. The summed E-state index contributed by atoms with van der Waals surface area (Å²) in [7, 11) is 1.64. The number of hydrogen-bond acceptors (Lipinski definition) is 3. The molecule has 1 fully saturated rings. The minimum Gasteiger partial charge on any atom is -0.393 e. The average molecular weight is 146 g/mol. The van der Waals surface area contributed by atoms with Crippen LogP contribution in [0, 0.1) is 0 Å². The molecule has 10 heavy (non-hydrogen) atoms. The third-order valence-electron chi connectivity index (χ3n) is 2.13. The molecular formula is C7H14O3. The predicted molar refractivity (Wildman–Crippen MR) is 36.9 cm³/mol. The highest BCUT2D eigenvalue weighted by Crippen LogP contribution is 2.23. The van der Waals surface area contributed by atoms with E-state index in [0.29, 0.717) is 13.2 Å². The Kier molecular flexibility index (Phi) is 2.65. The lowest BCUT2D eigenvalue weighted by molar-refractivity contribution is -0.115. The summed E-state index contributed by atoms with van der Waals surface area (Å²) in [5.74, 6) is 0. The summed E-state index contributed by atoms with van der Waals surface area (Å²) in [6, 6.07) is 0. The Morgan fingerprint density at radius 1 is 1.50 bits per heavy atom. The highest BCUT2D eigenvalue weighted by atomic mass is 16.5. The lowest BCUT2D eigenvalue weighted by Gasteiger charge is -2.33. The van der Waals surface area contributed by atoms with E-state index in [0.717, 1.165) is 12.8 Å². The van der Waals surface area contributed by atoms with Crippen molar-refractivity contribution in [2.45, 2.75) is 18.4 Å². The van der Waals surface area contributed by atoms with Crippen LogP contribution in [-0.2, 0) is 9.47 Å². The molecule has 0 radical (unpaired) electrons. The van der Waals surface area contributed by atoms with E-state index in [1.165, 1.54) is 0 Å².